The van der Waals surface area contributed by atoms with Gasteiger partial charge in [0.15, 0.2) is 10.8 Å². The fourth-order valence-corrected chi connectivity index (χ4v) is 3.24. The molecule has 1 aromatic carbocycles. The molecule has 3 rings (SSSR count). The maximum absolute atomic E-state index is 12.5. The highest BCUT2D eigenvalue weighted by molar-refractivity contribution is 8.00. The Bertz CT molecular complexity index is 1030. The Morgan fingerprint density at radius 1 is 1.44 bits per heavy atom. The van der Waals surface area contributed by atoms with Gasteiger partial charge in [0.2, 0.25) is 5.91 Å². The molecule has 0 fully saturated rings. The van der Waals surface area contributed by atoms with Gasteiger partial charge in [0, 0.05) is 18.3 Å². The van der Waals surface area contributed by atoms with Crippen LogP contribution in [0.15, 0.2) is 35.6 Å². The molecule has 11 heteroatoms. The highest BCUT2D eigenvalue weighted by atomic mass is 35.5. The van der Waals surface area contributed by atoms with Crippen LogP contribution in [0.5, 0.6) is 5.75 Å². The first-order valence-corrected chi connectivity index (χ1v) is 8.94. The van der Waals surface area contributed by atoms with Gasteiger partial charge >= 0.3 is 0 Å². The molecule has 2 aromatic heterocycles. The van der Waals surface area contributed by atoms with Crippen molar-refractivity contribution in [1.29, 1.82) is 0 Å². The van der Waals surface area contributed by atoms with Crippen molar-refractivity contribution < 1.29 is 14.5 Å². The van der Waals surface area contributed by atoms with Gasteiger partial charge in [0.05, 0.1) is 33.5 Å². The van der Waals surface area contributed by atoms with E-state index in [-0.39, 0.29) is 17.3 Å². The minimum absolute atomic E-state index is 0.147. The third-order valence-corrected chi connectivity index (χ3v) is 4.78. The lowest BCUT2D eigenvalue weighted by atomic mass is 10.2. The average molecular weight is 408 g/mol. The van der Waals surface area contributed by atoms with Crippen molar-refractivity contribution in [3.05, 3.63) is 45.6 Å². The summed E-state index contributed by atoms with van der Waals surface area (Å²) in [4.78, 5) is 34.3. The number of carbonyl (C=O) groups excluding carboxylic acids is 1. The standard InChI is InChI=1S/C16H14ClN5O4S/c1-8(27-16-20-12-5-9(17)7-18-14(12)21-16)15(23)19-11-6-10(22(24)25)3-4-13(11)26-2/h3-8H,1-2H3,(H,19,23)(H,18,20,21)/t8-/m1/s1. The Labute approximate surface area is 162 Å². The van der Waals surface area contributed by atoms with Crippen LogP contribution >= 0.6 is 23.4 Å². The summed E-state index contributed by atoms with van der Waals surface area (Å²) in [6.07, 6.45) is 1.49. The second-order valence-electron chi connectivity index (χ2n) is 5.46. The number of amides is 1. The number of H-pyrrole nitrogens is 1. The third-order valence-electron chi connectivity index (χ3n) is 3.59. The van der Waals surface area contributed by atoms with Gasteiger partial charge in [0.25, 0.3) is 5.69 Å². The van der Waals surface area contributed by atoms with Crippen molar-refractivity contribution in [2.75, 3.05) is 12.4 Å². The number of rotatable bonds is 6. The molecular weight excluding hydrogens is 394 g/mol. The lowest BCUT2D eigenvalue weighted by Crippen LogP contribution is -2.22. The van der Waals surface area contributed by atoms with Gasteiger partial charge in [-0.05, 0) is 19.1 Å². The molecule has 0 aliphatic rings. The number of halogens is 1. The van der Waals surface area contributed by atoms with Crippen molar-refractivity contribution in [3.63, 3.8) is 0 Å². The molecule has 0 radical (unpaired) electrons. The lowest BCUT2D eigenvalue weighted by Gasteiger charge is -2.13. The van der Waals surface area contributed by atoms with Gasteiger partial charge in [-0.1, -0.05) is 23.4 Å². The number of benzene rings is 1. The molecule has 1 atom stereocenters. The number of non-ortho nitro benzene ring substituents is 1. The van der Waals surface area contributed by atoms with Crippen LogP contribution in [0.1, 0.15) is 6.92 Å². The number of pyridine rings is 1. The number of nitro benzene ring substituents is 1. The van der Waals surface area contributed by atoms with E-state index in [9.17, 15) is 14.9 Å². The number of hydrogen-bond acceptors (Lipinski definition) is 7. The molecule has 0 aliphatic carbocycles. The molecular formula is C16H14ClN5O4S. The normalized spacial score (nSPS) is 12.0. The number of hydrogen-bond donors (Lipinski definition) is 2. The molecule has 9 nitrogen and oxygen atoms in total. The molecule has 0 aliphatic heterocycles. The first kappa shape index (κ1) is 18.9. The van der Waals surface area contributed by atoms with E-state index in [4.69, 9.17) is 16.3 Å². The number of nitro groups is 1. The number of thioether (sulfide) groups is 1. The molecule has 1 amide bonds. The number of imidazole rings is 1. The van der Waals surface area contributed by atoms with E-state index in [2.05, 4.69) is 20.3 Å². The number of methoxy groups -OCH3 is 1. The highest BCUT2D eigenvalue weighted by Gasteiger charge is 2.20. The number of aromatic nitrogens is 3. The topological polar surface area (TPSA) is 123 Å². The number of anilines is 1. The summed E-state index contributed by atoms with van der Waals surface area (Å²) >= 11 is 7.09. The summed E-state index contributed by atoms with van der Waals surface area (Å²) in [7, 11) is 1.42. The van der Waals surface area contributed by atoms with Gasteiger partial charge in [0.1, 0.15) is 5.75 Å². The maximum Gasteiger partial charge on any atom is 0.271 e. The van der Waals surface area contributed by atoms with Crippen molar-refractivity contribution in [3.8, 4) is 5.75 Å². The summed E-state index contributed by atoms with van der Waals surface area (Å²) < 4.78 is 5.15. The molecule has 0 unspecified atom stereocenters. The second-order valence-corrected chi connectivity index (χ2v) is 7.22. The Balaban J connectivity index is 1.75. The largest absolute Gasteiger partial charge is 0.495 e. The maximum atomic E-state index is 12.5. The fraction of sp³-hybridized carbons (Fsp3) is 0.188. The summed E-state index contributed by atoms with van der Waals surface area (Å²) in [5, 5.41) is 14.0. The van der Waals surface area contributed by atoms with E-state index < -0.39 is 10.2 Å². The number of nitrogens with one attached hydrogen (secondary N) is 2. The number of aromatic amines is 1. The van der Waals surface area contributed by atoms with E-state index in [1.165, 1.54) is 43.3 Å². The molecule has 3 aromatic rings. The molecule has 27 heavy (non-hydrogen) atoms. The monoisotopic (exact) mass is 407 g/mol. The van der Waals surface area contributed by atoms with Crippen molar-refractivity contribution in [2.45, 2.75) is 17.3 Å². The van der Waals surface area contributed by atoms with Gasteiger partial charge in [-0.3, -0.25) is 14.9 Å². The van der Waals surface area contributed by atoms with Crippen LogP contribution < -0.4 is 10.1 Å². The van der Waals surface area contributed by atoms with Gasteiger partial charge < -0.3 is 15.0 Å². The first-order chi connectivity index (χ1) is 12.9. The van der Waals surface area contributed by atoms with E-state index in [1.54, 1.807) is 13.0 Å². The average Bonchev–Trinajstić information content (AvgIpc) is 3.02. The third kappa shape index (κ3) is 4.29. The van der Waals surface area contributed by atoms with Crippen LogP contribution in [0, 0.1) is 10.1 Å². The molecule has 0 bridgehead atoms. The number of nitrogens with zero attached hydrogens (tertiary/aromatic N) is 3. The SMILES string of the molecule is COc1ccc([N+](=O)[O-])cc1NC(=O)[C@@H](C)Sc1nc2ncc(Cl)cc2[nH]1. The van der Waals surface area contributed by atoms with Crippen LogP contribution in [-0.2, 0) is 4.79 Å². The molecule has 2 N–H and O–H groups in total. The number of carbonyl (C=O) groups is 1. The minimum Gasteiger partial charge on any atom is -0.495 e. The highest BCUT2D eigenvalue weighted by Crippen LogP contribution is 2.30. The zero-order valence-electron chi connectivity index (χ0n) is 14.2. The molecule has 0 saturated carbocycles. The van der Waals surface area contributed by atoms with Crippen LogP contribution in [0.3, 0.4) is 0 Å². The summed E-state index contributed by atoms with van der Waals surface area (Å²) in [6.45, 7) is 1.69. The van der Waals surface area contributed by atoms with Gasteiger partial charge in [-0.2, -0.15) is 0 Å². The van der Waals surface area contributed by atoms with E-state index >= 15 is 0 Å². The predicted octanol–water partition coefficient (Wildman–Crippen LogP) is 3.65. The van der Waals surface area contributed by atoms with E-state index in [1.807, 2.05) is 0 Å². The van der Waals surface area contributed by atoms with E-state index in [0.717, 1.165) is 0 Å². The van der Waals surface area contributed by atoms with Crippen molar-refractivity contribution in [1.82, 2.24) is 15.0 Å². The van der Waals surface area contributed by atoms with Crippen LogP contribution in [-0.4, -0.2) is 38.1 Å². The van der Waals surface area contributed by atoms with E-state index in [0.29, 0.717) is 27.1 Å². The molecule has 2 heterocycles. The minimum atomic E-state index is -0.542. The quantitative estimate of drug-likeness (QED) is 0.363. The fourth-order valence-electron chi connectivity index (χ4n) is 2.27. The Morgan fingerprint density at radius 2 is 2.22 bits per heavy atom. The zero-order chi connectivity index (χ0) is 19.6. The van der Waals surface area contributed by atoms with Crippen LogP contribution in [0.4, 0.5) is 11.4 Å². The van der Waals surface area contributed by atoms with Gasteiger partial charge in [-0.25, -0.2) is 9.97 Å². The van der Waals surface area contributed by atoms with Crippen molar-refractivity contribution in [2.24, 2.45) is 0 Å². The lowest BCUT2D eigenvalue weighted by molar-refractivity contribution is -0.384. The zero-order valence-corrected chi connectivity index (χ0v) is 15.8. The van der Waals surface area contributed by atoms with Gasteiger partial charge in [-0.15, -0.1) is 0 Å². The second kappa shape index (κ2) is 7.80. The molecule has 0 saturated heterocycles. The number of ether oxygens (including phenoxy) is 1. The Hall–Kier alpha value is -2.85. The summed E-state index contributed by atoms with van der Waals surface area (Å²) in [5.41, 5.74) is 1.24. The number of fused-ring (bicyclic) bond motifs is 1. The van der Waals surface area contributed by atoms with Crippen LogP contribution in [0.25, 0.3) is 11.2 Å². The van der Waals surface area contributed by atoms with Crippen molar-refractivity contribution >= 4 is 51.8 Å². The smallest absolute Gasteiger partial charge is 0.271 e. The summed E-state index contributed by atoms with van der Waals surface area (Å²) in [5.74, 6) is -0.0287. The first-order valence-electron chi connectivity index (χ1n) is 7.68. The summed E-state index contributed by atoms with van der Waals surface area (Å²) in [6, 6.07) is 5.68. The van der Waals surface area contributed by atoms with Crippen LogP contribution in [0.2, 0.25) is 5.02 Å². The Kier molecular flexibility index (Phi) is 5.47. The molecule has 0 spiro atoms. The Morgan fingerprint density at radius 3 is 2.93 bits per heavy atom. The molecule has 140 valence electrons. The predicted molar refractivity (Wildman–Crippen MR) is 102 cm³/mol.